The zero-order chi connectivity index (χ0) is 16.1. The highest BCUT2D eigenvalue weighted by atomic mass is 16.5. The van der Waals surface area contributed by atoms with Crippen molar-refractivity contribution in [3.63, 3.8) is 0 Å². The van der Waals surface area contributed by atoms with Gasteiger partial charge in [0, 0.05) is 19.7 Å². The van der Waals surface area contributed by atoms with Gasteiger partial charge in [-0.3, -0.25) is 4.79 Å². The molecule has 2 aromatic rings. The summed E-state index contributed by atoms with van der Waals surface area (Å²) >= 11 is 0. The van der Waals surface area contributed by atoms with E-state index in [1.807, 2.05) is 37.3 Å². The third-order valence-electron chi connectivity index (χ3n) is 3.28. The van der Waals surface area contributed by atoms with E-state index in [2.05, 4.69) is 0 Å². The van der Waals surface area contributed by atoms with E-state index in [0.717, 1.165) is 5.56 Å². The number of hydrogen-bond donors (Lipinski definition) is 0. The quantitative estimate of drug-likeness (QED) is 0.815. The predicted molar refractivity (Wildman–Crippen MR) is 84.5 cm³/mol. The van der Waals surface area contributed by atoms with Crippen LogP contribution < -0.4 is 0 Å². The minimum atomic E-state index is -0.940. The minimum Gasteiger partial charge on any atom is -0.444 e. The number of carbonyl (C=O) groups excluding carboxylic acids is 2. The van der Waals surface area contributed by atoms with E-state index in [1.165, 1.54) is 4.90 Å². The van der Waals surface area contributed by atoms with E-state index in [1.54, 1.807) is 38.4 Å². The summed E-state index contributed by atoms with van der Waals surface area (Å²) in [5.41, 5.74) is 2.14. The molecular weight excluding hydrogens is 278 g/mol. The van der Waals surface area contributed by atoms with Crippen LogP contribution in [-0.2, 0) is 9.53 Å². The summed E-state index contributed by atoms with van der Waals surface area (Å²) in [6, 6.07) is 16.1. The number of ether oxygens (including phenoxy) is 1. The molecule has 0 aliphatic heterocycles. The van der Waals surface area contributed by atoms with Gasteiger partial charge in [0.1, 0.15) is 0 Å². The Labute approximate surface area is 130 Å². The molecule has 0 bridgehead atoms. The summed E-state index contributed by atoms with van der Waals surface area (Å²) in [6.07, 6.45) is -0.940. The molecule has 0 N–H and O–H groups in total. The molecule has 22 heavy (non-hydrogen) atoms. The smallest absolute Gasteiger partial charge is 0.339 e. The van der Waals surface area contributed by atoms with E-state index in [9.17, 15) is 9.59 Å². The van der Waals surface area contributed by atoms with Gasteiger partial charge >= 0.3 is 5.97 Å². The number of benzene rings is 2. The first-order valence-corrected chi connectivity index (χ1v) is 7.03. The van der Waals surface area contributed by atoms with Crippen molar-refractivity contribution in [1.82, 2.24) is 4.90 Å². The highest BCUT2D eigenvalue weighted by Gasteiger charge is 2.26. The van der Waals surface area contributed by atoms with Gasteiger partial charge < -0.3 is 9.64 Å². The molecule has 0 radical (unpaired) electrons. The van der Waals surface area contributed by atoms with Crippen molar-refractivity contribution in [2.45, 2.75) is 13.0 Å². The molecule has 2 rings (SSSR count). The van der Waals surface area contributed by atoms with Gasteiger partial charge in [0.25, 0.3) is 5.91 Å². The molecule has 1 amide bonds. The van der Waals surface area contributed by atoms with Gasteiger partial charge in [0.05, 0.1) is 5.56 Å². The van der Waals surface area contributed by atoms with Crippen LogP contribution in [0, 0.1) is 6.92 Å². The Morgan fingerprint density at radius 1 is 0.955 bits per heavy atom. The van der Waals surface area contributed by atoms with Crippen molar-refractivity contribution in [3.8, 4) is 0 Å². The third kappa shape index (κ3) is 3.73. The number of esters is 1. The SMILES string of the molecule is Cc1ccc(C(=O)O[C@@H](C(=O)N(C)C)c2ccccc2)cc1. The van der Waals surface area contributed by atoms with E-state index < -0.39 is 12.1 Å². The van der Waals surface area contributed by atoms with Crippen LogP contribution in [0.25, 0.3) is 0 Å². The van der Waals surface area contributed by atoms with Crippen LogP contribution >= 0.6 is 0 Å². The second-order valence-electron chi connectivity index (χ2n) is 5.29. The summed E-state index contributed by atoms with van der Waals surface area (Å²) in [5.74, 6) is -0.782. The molecule has 0 fully saturated rings. The van der Waals surface area contributed by atoms with Crippen molar-refractivity contribution in [2.75, 3.05) is 14.1 Å². The number of likely N-dealkylation sites (N-methyl/N-ethyl adjacent to an activating group) is 1. The van der Waals surface area contributed by atoms with Crippen LogP contribution in [0.15, 0.2) is 54.6 Å². The topological polar surface area (TPSA) is 46.6 Å². The highest BCUT2D eigenvalue weighted by Crippen LogP contribution is 2.21. The fourth-order valence-electron chi connectivity index (χ4n) is 1.99. The number of aryl methyl sites for hydroxylation is 1. The zero-order valence-corrected chi connectivity index (χ0v) is 12.9. The van der Waals surface area contributed by atoms with Gasteiger partial charge in [-0.05, 0) is 19.1 Å². The molecule has 0 saturated carbocycles. The number of nitrogens with zero attached hydrogens (tertiary/aromatic N) is 1. The van der Waals surface area contributed by atoms with Crippen LogP contribution in [0.4, 0.5) is 0 Å². The fraction of sp³-hybridized carbons (Fsp3) is 0.222. The van der Waals surface area contributed by atoms with Crippen molar-refractivity contribution < 1.29 is 14.3 Å². The lowest BCUT2D eigenvalue weighted by Gasteiger charge is -2.21. The Kier molecular flexibility index (Phi) is 4.94. The van der Waals surface area contributed by atoms with E-state index in [-0.39, 0.29) is 5.91 Å². The number of amides is 1. The molecular formula is C18H19NO3. The van der Waals surface area contributed by atoms with Crippen LogP contribution in [0.3, 0.4) is 0 Å². The molecule has 0 saturated heterocycles. The van der Waals surface area contributed by atoms with E-state index in [0.29, 0.717) is 11.1 Å². The van der Waals surface area contributed by atoms with Gasteiger partial charge in [0.15, 0.2) is 0 Å². The lowest BCUT2D eigenvalue weighted by molar-refractivity contribution is -0.138. The van der Waals surface area contributed by atoms with Crippen LogP contribution in [0.2, 0.25) is 0 Å². The Bertz CT molecular complexity index is 648. The number of hydrogen-bond acceptors (Lipinski definition) is 3. The third-order valence-corrected chi connectivity index (χ3v) is 3.28. The normalized spacial score (nSPS) is 11.6. The second kappa shape index (κ2) is 6.89. The standard InChI is InChI=1S/C18H19NO3/c1-13-9-11-15(12-10-13)18(21)22-16(17(20)19(2)3)14-7-5-4-6-8-14/h4-12,16H,1-3H3/t16-/m1/s1. The zero-order valence-electron chi connectivity index (χ0n) is 12.9. The summed E-state index contributed by atoms with van der Waals surface area (Å²) in [7, 11) is 3.27. The average Bonchev–Trinajstić information content (AvgIpc) is 2.53. The Morgan fingerprint density at radius 3 is 2.09 bits per heavy atom. The highest BCUT2D eigenvalue weighted by molar-refractivity contribution is 5.92. The van der Waals surface area contributed by atoms with Gasteiger partial charge in [0.2, 0.25) is 6.10 Å². The predicted octanol–water partition coefficient (Wildman–Crippen LogP) is 2.98. The molecule has 2 aromatic carbocycles. The van der Waals surface area contributed by atoms with Crippen LogP contribution in [-0.4, -0.2) is 30.9 Å². The molecule has 0 aromatic heterocycles. The lowest BCUT2D eigenvalue weighted by atomic mass is 10.1. The number of rotatable bonds is 4. The van der Waals surface area contributed by atoms with Crippen LogP contribution in [0.5, 0.6) is 0 Å². The Balaban J connectivity index is 2.25. The van der Waals surface area contributed by atoms with Crippen LogP contribution in [0.1, 0.15) is 27.6 Å². The van der Waals surface area contributed by atoms with Crippen molar-refractivity contribution in [2.24, 2.45) is 0 Å². The summed E-state index contributed by atoms with van der Waals surface area (Å²) in [5, 5.41) is 0. The maximum absolute atomic E-state index is 12.3. The summed E-state index contributed by atoms with van der Waals surface area (Å²) in [6.45, 7) is 1.94. The van der Waals surface area contributed by atoms with Gasteiger partial charge in [-0.1, -0.05) is 48.0 Å². The fourth-order valence-corrected chi connectivity index (χ4v) is 1.99. The molecule has 0 aliphatic carbocycles. The van der Waals surface area contributed by atoms with Gasteiger partial charge in [-0.2, -0.15) is 0 Å². The molecule has 0 heterocycles. The maximum atomic E-state index is 12.3. The summed E-state index contributed by atoms with van der Waals surface area (Å²) in [4.78, 5) is 26.0. The van der Waals surface area contributed by atoms with Crippen molar-refractivity contribution >= 4 is 11.9 Å². The maximum Gasteiger partial charge on any atom is 0.339 e. The minimum absolute atomic E-state index is 0.272. The lowest BCUT2D eigenvalue weighted by Crippen LogP contribution is -2.31. The summed E-state index contributed by atoms with van der Waals surface area (Å²) < 4.78 is 5.46. The first kappa shape index (κ1) is 15.8. The average molecular weight is 297 g/mol. The molecule has 0 unspecified atom stereocenters. The first-order valence-electron chi connectivity index (χ1n) is 7.03. The van der Waals surface area contributed by atoms with E-state index >= 15 is 0 Å². The molecule has 114 valence electrons. The number of carbonyl (C=O) groups is 2. The first-order chi connectivity index (χ1) is 10.5. The second-order valence-corrected chi connectivity index (χ2v) is 5.29. The largest absolute Gasteiger partial charge is 0.444 e. The van der Waals surface area contributed by atoms with Crippen molar-refractivity contribution in [1.29, 1.82) is 0 Å². The Hall–Kier alpha value is -2.62. The monoisotopic (exact) mass is 297 g/mol. The molecule has 4 heteroatoms. The molecule has 0 spiro atoms. The molecule has 4 nitrogen and oxygen atoms in total. The van der Waals surface area contributed by atoms with Crippen molar-refractivity contribution in [3.05, 3.63) is 71.3 Å². The van der Waals surface area contributed by atoms with Gasteiger partial charge in [-0.15, -0.1) is 0 Å². The van der Waals surface area contributed by atoms with E-state index in [4.69, 9.17) is 4.74 Å². The molecule has 0 aliphatic rings. The Morgan fingerprint density at radius 2 is 1.55 bits per heavy atom. The molecule has 1 atom stereocenters. The van der Waals surface area contributed by atoms with Gasteiger partial charge in [-0.25, -0.2) is 4.79 Å².